The zero-order valence-electron chi connectivity index (χ0n) is 14.7. The van der Waals surface area contributed by atoms with Gasteiger partial charge in [0.2, 0.25) is 0 Å². The van der Waals surface area contributed by atoms with Gasteiger partial charge in [-0.1, -0.05) is 0 Å². The van der Waals surface area contributed by atoms with Gasteiger partial charge >= 0.3 is 6.03 Å². The lowest BCUT2D eigenvalue weighted by Crippen LogP contribution is -2.47. The first-order valence-corrected chi connectivity index (χ1v) is 8.88. The molecule has 0 bridgehead atoms. The van der Waals surface area contributed by atoms with Crippen LogP contribution in [-0.4, -0.2) is 81.1 Å². The molecular formula is C17H27N5O3. The molecule has 3 heterocycles. The molecule has 0 spiro atoms. The van der Waals surface area contributed by atoms with Gasteiger partial charge < -0.3 is 25.0 Å². The molecule has 1 atom stereocenters. The van der Waals surface area contributed by atoms with Crippen molar-refractivity contribution in [3.05, 3.63) is 18.3 Å². The molecule has 1 aromatic rings. The second-order valence-corrected chi connectivity index (χ2v) is 6.34. The number of morpholine rings is 2. The van der Waals surface area contributed by atoms with E-state index >= 15 is 0 Å². The molecule has 1 aromatic heterocycles. The van der Waals surface area contributed by atoms with Crippen molar-refractivity contribution in [2.75, 3.05) is 69.4 Å². The van der Waals surface area contributed by atoms with Crippen LogP contribution in [0.15, 0.2) is 18.3 Å². The van der Waals surface area contributed by atoms with Crippen molar-refractivity contribution in [1.29, 1.82) is 0 Å². The minimum Gasteiger partial charge on any atom is -0.379 e. The lowest BCUT2D eigenvalue weighted by Gasteiger charge is -2.32. The molecule has 8 heteroatoms. The van der Waals surface area contributed by atoms with Crippen LogP contribution in [0.1, 0.15) is 6.92 Å². The standard InChI is InChI=1S/C17H27N5O3/c1-14(21-4-8-24-9-5-21)12-19-17(23)20-15-2-3-16(18-13-15)22-6-10-25-11-7-22/h2-3,13-14H,4-12H2,1H3,(H2,19,20,23). The molecule has 2 saturated heterocycles. The van der Waals surface area contributed by atoms with Gasteiger partial charge in [0.15, 0.2) is 0 Å². The topological polar surface area (TPSA) is 79.0 Å². The van der Waals surface area contributed by atoms with Crippen molar-refractivity contribution in [1.82, 2.24) is 15.2 Å². The summed E-state index contributed by atoms with van der Waals surface area (Å²) in [7, 11) is 0. The summed E-state index contributed by atoms with van der Waals surface area (Å²) in [6.07, 6.45) is 1.69. The summed E-state index contributed by atoms with van der Waals surface area (Å²) in [6.45, 7) is 9.22. The molecule has 0 aliphatic carbocycles. The molecule has 2 aliphatic rings. The van der Waals surface area contributed by atoms with Gasteiger partial charge in [-0.15, -0.1) is 0 Å². The number of hydrogen-bond donors (Lipinski definition) is 2. The van der Waals surface area contributed by atoms with Crippen molar-refractivity contribution < 1.29 is 14.3 Å². The Kier molecular flexibility index (Phi) is 6.43. The molecule has 1 unspecified atom stereocenters. The third kappa shape index (κ3) is 5.29. The second kappa shape index (κ2) is 8.98. The highest BCUT2D eigenvalue weighted by Gasteiger charge is 2.17. The lowest BCUT2D eigenvalue weighted by atomic mass is 10.2. The summed E-state index contributed by atoms with van der Waals surface area (Å²) in [4.78, 5) is 21.0. The average molecular weight is 349 g/mol. The number of amides is 2. The van der Waals surface area contributed by atoms with E-state index in [-0.39, 0.29) is 12.1 Å². The quantitative estimate of drug-likeness (QED) is 0.817. The second-order valence-electron chi connectivity index (χ2n) is 6.34. The fourth-order valence-corrected chi connectivity index (χ4v) is 3.00. The zero-order chi connectivity index (χ0) is 17.5. The summed E-state index contributed by atoms with van der Waals surface area (Å²) < 4.78 is 10.7. The molecule has 8 nitrogen and oxygen atoms in total. The largest absolute Gasteiger partial charge is 0.379 e. The van der Waals surface area contributed by atoms with Crippen LogP contribution in [0.3, 0.4) is 0 Å². The summed E-state index contributed by atoms with van der Waals surface area (Å²) in [5, 5.41) is 5.75. The number of anilines is 2. The van der Waals surface area contributed by atoms with Gasteiger partial charge in [0.25, 0.3) is 0 Å². The Morgan fingerprint density at radius 1 is 1.16 bits per heavy atom. The maximum atomic E-state index is 12.1. The van der Waals surface area contributed by atoms with E-state index in [2.05, 4.69) is 32.3 Å². The van der Waals surface area contributed by atoms with E-state index in [0.717, 1.165) is 58.4 Å². The monoisotopic (exact) mass is 349 g/mol. The van der Waals surface area contributed by atoms with Crippen molar-refractivity contribution in [2.45, 2.75) is 13.0 Å². The third-order valence-corrected chi connectivity index (χ3v) is 4.57. The van der Waals surface area contributed by atoms with Crippen LogP contribution in [0, 0.1) is 0 Å². The van der Waals surface area contributed by atoms with E-state index in [1.165, 1.54) is 0 Å². The summed E-state index contributed by atoms with van der Waals surface area (Å²) in [5.41, 5.74) is 0.688. The van der Waals surface area contributed by atoms with E-state index in [1.807, 2.05) is 12.1 Å². The fraction of sp³-hybridized carbons (Fsp3) is 0.647. The number of rotatable bonds is 5. The predicted molar refractivity (Wildman–Crippen MR) is 96.1 cm³/mol. The van der Waals surface area contributed by atoms with Crippen molar-refractivity contribution in [3.8, 4) is 0 Å². The van der Waals surface area contributed by atoms with Crippen LogP contribution < -0.4 is 15.5 Å². The normalized spacial score (nSPS) is 20.1. The smallest absolute Gasteiger partial charge is 0.319 e. The SMILES string of the molecule is CC(CNC(=O)Nc1ccc(N2CCOCC2)nc1)N1CCOCC1. The van der Waals surface area contributed by atoms with E-state index in [1.54, 1.807) is 6.20 Å². The zero-order valence-corrected chi connectivity index (χ0v) is 14.7. The molecule has 138 valence electrons. The molecular weight excluding hydrogens is 322 g/mol. The highest BCUT2D eigenvalue weighted by Crippen LogP contribution is 2.15. The molecule has 0 saturated carbocycles. The molecule has 2 fully saturated rings. The highest BCUT2D eigenvalue weighted by molar-refractivity contribution is 5.89. The van der Waals surface area contributed by atoms with Gasteiger partial charge in [-0.25, -0.2) is 9.78 Å². The summed E-state index contributed by atoms with van der Waals surface area (Å²) in [5.74, 6) is 0.912. The van der Waals surface area contributed by atoms with E-state index in [9.17, 15) is 4.79 Å². The fourth-order valence-electron chi connectivity index (χ4n) is 3.00. The number of pyridine rings is 1. The summed E-state index contributed by atoms with van der Waals surface area (Å²) >= 11 is 0. The van der Waals surface area contributed by atoms with Gasteiger partial charge in [-0.3, -0.25) is 4.90 Å². The number of carbonyl (C=O) groups is 1. The number of aromatic nitrogens is 1. The first-order chi connectivity index (χ1) is 12.2. The van der Waals surface area contributed by atoms with E-state index in [4.69, 9.17) is 9.47 Å². The number of nitrogens with zero attached hydrogens (tertiary/aromatic N) is 3. The Hall–Kier alpha value is -1.90. The van der Waals surface area contributed by atoms with Crippen molar-refractivity contribution in [3.63, 3.8) is 0 Å². The predicted octanol–water partition coefficient (Wildman–Crippen LogP) is 0.760. The molecule has 2 aliphatic heterocycles. The third-order valence-electron chi connectivity index (χ3n) is 4.57. The van der Waals surface area contributed by atoms with Crippen LogP contribution in [0.5, 0.6) is 0 Å². The number of carbonyl (C=O) groups excluding carboxylic acids is 1. The molecule has 3 rings (SSSR count). The Morgan fingerprint density at radius 2 is 1.84 bits per heavy atom. The molecule has 2 amide bonds. The van der Waals surface area contributed by atoms with Crippen LogP contribution in [-0.2, 0) is 9.47 Å². The van der Waals surface area contributed by atoms with Crippen molar-refractivity contribution in [2.24, 2.45) is 0 Å². The van der Waals surface area contributed by atoms with Gasteiger partial charge in [0, 0.05) is 38.8 Å². The molecule has 25 heavy (non-hydrogen) atoms. The molecule has 2 N–H and O–H groups in total. The van der Waals surface area contributed by atoms with Gasteiger partial charge in [-0.05, 0) is 19.1 Å². The summed E-state index contributed by atoms with van der Waals surface area (Å²) in [6, 6.07) is 3.89. The molecule has 0 aromatic carbocycles. The van der Waals surface area contributed by atoms with E-state index in [0.29, 0.717) is 12.2 Å². The van der Waals surface area contributed by atoms with Crippen LogP contribution in [0.25, 0.3) is 0 Å². The van der Waals surface area contributed by atoms with Crippen molar-refractivity contribution >= 4 is 17.5 Å². The van der Waals surface area contributed by atoms with Gasteiger partial charge in [0.05, 0.1) is 38.3 Å². The first-order valence-electron chi connectivity index (χ1n) is 8.88. The maximum absolute atomic E-state index is 12.1. The minimum absolute atomic E-state index is 0.207. The molecule has 0 radical (unpaired) electrons. The lowest BCUT2D eigenvalue weighted by molar-refractivity contribution is 0.0209. The maximum Gasteiger partial charge on any atom is 0.319 e. The first kappa shape index (κ1) is 17.9. The Balaban J connectivity index is 1.42. The number of hydrogen-bond acceptors (Lipinski definition) is 6. The number of nitrogens with one attached hydrogen (secondary N) is 2. The van der Waals surface area contributed by atoms with Crippen LogP contribution in [0.2, 0.25) is 0 Å². The van der Waals surface area contributed by atoms with E-state index < -0.39 is 0 Å². The Bertz CT molecular complexity index is 542. The van der Waals surface area contributed by atoms with Crippen LogP contribution in [0.4, 0.5) is 16.3 Å². The van der Waals surface area contributed by atoms with Gasteiger partial charge in [0.1, 0.15) is 5.82 Å². The van der Waals surface area contributed by atoms with Gasteiger partial charge in [-0.2, -0.15) is 0 Å². The Labute approximate surface area is 148 Å². The Morgan fingerprint density at radius 3 is 2.48 bits per heavy atom. The highest BCUT2D eigenvalue weighted by atomic mass is 16.5. The number of urea groups is 1. The van der Waals surface area contributed by atoms with Crippen LogP contribution >= 0.6 is 0 Å². The average Bonchev–Trinajstić information content (AvgIpc) is 2.68. The number of ether oxygens (including phenoxy) is 2. The minimum atomic E-state index is -0.207.